The Bertz CT molecular complexity index is 965. The minimum Gasteiger partial charge on any atom is -0.495 e. The number of methoxy groups -OCH3 is 3. The van der Waals surface area contributed by atoms with E-state index < -0.39 is 6.04 Å². The van der Waals surface area contributed by atoms with Crippen molar-refractivity contribution in [2.24, 2.45) is 0 Å². The van der Waals surface area contributed by atoms with Gasteiger partial charge in [0.2, 0.25) is 0 Å². The van der Waals surface area contributed by atoms with Crippen LogP contribution in [-0.4, -0.2) is 57.9 Å². The van der Waals surface area contributed by atoms with Gasteiger partial charge in [-0.25, -0.2) is 9.59 Å². The molecule has 0 unspecified atom stereocenters. The number of carbonyl (C=O) groups is 2. The van der Waals surface area contributed by atoms with Crippen molar-refractivity contribution in [3.8, 4) is 17.2 Å². The first-order chi connectivity index (χ1) is 15.5. The minimum absolute atomic E-state index is 0.244. The van der Waals surface area contributed by atoms with Crippen LogP contribution < -0.4 is 30.2 Å². The van der Waals surface area contributed by atoms with Crippen molar-refractivity contribution >= 4 is 17.7 Å². The number of nitrogens with zero attached hydrogens (tertiary/aromatic N) is 1. The van der Waals surface area contributed by atoms with E-state index in [0.717, 1.165) is 11.1 Å². The highest BCUT2D eigenvalue weighted by Gasteiger charge is 2.33. The number of urea groups is 2. The first kappa shape index (κ1) is 23.1. The first-order valence-corrected chi connectivity index (χ1v) is 10.5. The smallest absolute Gasteiger partial charge is 0.322 e. The second kappa shape index (κ2) is 10.6. The van der Waals surface area contributed by atoms with Crippen molar-refractivity contribution in [2.45, 2.75) is 19.4 Å². The average Bonchev–Trinajstić information content (AvgIpc) is 2.81. The van der Waals surface area contributed by atoms with Crippen molar-refractivity contribution in [3.05, 3.63) is 47.5 Å². The van der Waals surface area contributed by atoms with E-state index in [-0.39, 0.29) is 18.6 Å². The zero-order chi connectivity index (χ0) is 23.1. The molecule has 4 amide bonds. The maximum atomic E-state index is 13.3. The summed E-state index contributed by atoms with van der Waals surface area (Å²) in [6, 6.07) is 10.1. The van der Waals surface area contributed by atoms with E-state index in [0.29, 0.717) is 42.4 Å². The van der Waals surface area contributed by atoms with Crippen LogP contribution in [0.3, 0.4) is 0 Å². The summed E-state index contributed by atoms with van der Waals surface area (Å²) in [5, 5.41) is 8.52. The number of ether oxygens (including phenoxy) is 3. The molecule has 32 heavy (non-hydrogen) atoms. The zero-order valence-corrected chi connectivity index (χ0v) is 18.9. The number of nitrogens with one attached hydrogen (secondary N) is 3. The van der Waals surface area contributed by atoms with Crippen molar-refractivity contribution in [2.75, 3.05) is 46.3 Å². The van der Waals surface area contributed by atoms with Crippen LogP contribution in [-0.2, 0) is 6.42 Å². The lowest BCUT2D eigenvalue weighted by atomic mass is 9.92. The number of rotatable bonds is 7. The molecule has 0 aromatic heterocycles. The van der Waals surface area contributed by atoms with Crippen molar-refractivity contribution < 1.29 is 23.8 Å². The van der Waals surface area contributed by atoms with Gasteiger partial charge in [-0.2, -0.15) is 0 Å². The third kappa shape index (κ3) is 4.99. The Balaban J connectivity index is 1.92. The predicted octanol–water partition coefficient (Wildman–Crippen LogP) is 3.16. The van der Waals surface area contributed by atoms with E-state index in [2.05, 4.69) is 16.0 Å². The highest BCUT2D eigenvalue weighted by atomic mass is 16.5. The van der Waals surface area contributed by atoms with Gasteiger partial charge in [0.15, 0.2) is 11.5 Å². The van der Waals surface area contributed by atoms with Gasteiger partial charge in [0.05, 0.1) is 33.1 Å². The molecule has 0 radical (unpaired) electrons. The molecule has 1 atom stereocenters. The van der Waals surface area contributed by atoms with E-state index in [1.165, 1.54) is 0 Å². The van der Waals surface area contributed by atoms with Crippen LogP contribution in [0.15, 0.2) is 36.4 Å². The van der Waals surface area contributed by atoms with Gasteiger partial charge >= 0.3 is 12.1 Å². The lowest BCUT2D eigenvalue weighted by molar-refractivity contribution is 0.179. The Morgan fingerprint density at radius 3 is 2.38 bits per heavy atom. The molecule has 0 fully saturated rings. The Morgan fingerprint density at radius 1 is 1.00 bits per heavy atom. The van der Waals surface area contributed by atoms with Gasteiger partial charge in [-0.3, -0.25) is 0 Å². The first-order valence-electron chi connectivity index (χ1n) is 10.5. The largest absolute Gasteiger partial charge is 0.495 e. The standard InChI is InChI=1S/C23H30N4O5/c1-5-24-22(28)25-14-18-16-13-21(32-4)20(31-3)12-15(16)10-11-27(18)23(29)26-17-8-6-7-9-19(17)30-2/h6-9,12-13,18H,5,10-11,14H2,1-4H3,(H,26,29)(H2,24,25,28)/t18-/m1/s1. The van der Waals surface area contributed by atoms with Crippen LogP contribution in [0.4, 0.5) is 15.3 Å². The van der Waals surface area contributed by atoms with Crippen LogP contribution in [0.5, 0.6) is 17.2 Å². The average molecular weight is 443 g/mol. The molecular formula is C23H30N4O5. The molecule has 0 spiro atoms. The lowest BCUT2D eigenvalue weighted by Crippen LogP contribution is -2.48. The topological polar surface area (TPSA) is 101 Å². The van der Waals surface area contributed by atoms with E-state index in [4.69, 9.17) is 14.2 Å². The SMILES string of the molecule is CCNC(=O)NC[C@@H]1c2cc(OC)c(OC)cc2CCN1C(=O)Nc1ccccc1OC. The normalized spacial score (nSPS) is 14.8. The predicted molar refractivity (Wildman–Crippen MR) is 122 cm³/mol. The van der Waals surface area contributed by atoms with Crippen LogP contribution in [0.2, 0.25) is 0 Å². The van der Waals surface area contributed by atoms with E-state index in [1.807, 2.05) is 31.2 Å². The van der Waals surface area contributed by atoms with Gasteiger partial charge in [0, 0.05) is 19.6 Å². The summed E-state index contributed by atoms with van der Waals surface area (Å²) in [6.07, 6.45) is 0.646. The highest BCUT2D eigenvalue weighted by molar-refractivity contribution is 5.91. The number of fused-ring (bicyclic) bond motifs is 1. The number of para-hydroxylation sites is 2. The molecule has 1 aliphatic rings. The number of amides is 4. The molecular weight excluding hydrogens is 412 g/mol. The van der Waals surface area contributed by atoms with Crippen molar-refractivity contribution in [1.82, 2.24) is 15.5 Å². The molecule has 3 N–H and O–H groups in total. The molecule has 0 saturated heterocycles. The quantitative estimate of drug-likeness (QED) is 0.612. The maximum Gasteiger partial charge on any atom is 0.322 e. The molecule has 2 aromatic rings. The minimum atomic E-state index is -0.393. The summed E-state index contributed by atoms with van der Waals surface area (Å²) in [5.41, 5.74) is 2.53. The van der Waals surface area contributed by atoms with Gasteiger partial charge in [-0.05, 0) is 48.7 Å². The van der Waals surface area contributed by atoms with Gasteiger partial charge < -0.3 is 35.1 Å². The molecule has 3 rings (SSSR count). The summed E-state index contributed by atoms with van der Waals surface area (Å²) in [6.45, 7) is 3.08. The summed E-state index contributed by atoms with van der Waals surface area (Å²) in [7, 11) is 4.72. The molecule has 172 valence electrons. The zero-order valence-electron chi connectivity index (χ0n) is 18.9. The van der Waals surface area contributed by atoms with Crippen molar-refractivity contribution in [3.63, 3.8) is 0 Å². The number of benzene rings is 2. The summed E-state index contributed by atoms with van der Waals surface area (Å²) in [4.78, 5) is 27.1. The van der Waals surface area contributed by atoms with Crippen molar-refractivity contribution in [1.29, 1.82) is 0 Å². The lowest BCUT2D eigenvalue weighted by Gasteiger charge is -2.38. The molecule has 1 heterocycles. The Morgan fingerprint density at radius 2 is 1.69 bits per heavy atom. The second-order valence-electron chi connectivity index (χ2n) is 7.24. The van der Waals surface area contributed by atoms with E-state index in [1.54, 1.807) is 38.4 Å². The fourth-order valence-corrected chi connectivity index (χ4v) is 3.84. The van der Waals surface area contributed by atoms with Crippen LogP contribution in [0, 0.1) is 0 Å². The highest BCUT2D eigenvalue weighted by Crippen LogP contribution is 2.38. The summed E-state index contributed by atoms with van der Waals surface area (Å²) >= 11 is 0. The maximum absolute atomic E-state index is 13.3. The Kier molecular flexibility index (Phi) is 7.64. The molecule has 0 saturated carbocycles. The molecule has 2 aromatic carbocycles. The number of anilines is 1. The molecule has 0 aliphatic carbocycles. The van der Waals surface area contributed by atoms with Gasteiger partial charge in [0.25, 0.3) is 0 Å². The van der Waals surface area contributed by atoms with E-state index >= 15 is 0 Å². The van der Waals surface area contributed by atoms with Gasteiger partial charge in [-0.1, -0.05) is 12.1 Å². The molecule has 9 nitrogen and oxygen atoms in total. The third-order valence-electron chi connectivity index (χ3n) is 5.41. The van der Waals surface area contributed by atoms with Crippen LogP contribution in [0.25, 0.3) is 0 Å². The fraction of sp³-hybridized carbons (Fsp3) is 0.391. The molecule has 1 aliphatic heterocycles. The molecule has 9 heteroatoms. The van der Waals surface area contributed by atoms with Crippen LogP contribution >= 0.6 is 0 Å². The number of carbonyl (C=O) groups excluding carboxylic acids is 2. The Labute approximate surface area is 188 Å². The van der Waals surface area contributed by atoms with Gasteiger partial charge in [-0.15, -0.1) is 0 Å². The monoisotopic (exact) mass is 442 g/mol. The second-order valence-corrected chi connectivity index (χ2v) is 7.24. The number of hydrogen-bond acceptors (Lipinski definition) is 5. The van der Waals surface area contributed by atoms with Crippen LogP contribution in [0.1, 0.15) is 24.1 Å². The Hall–Kier alpha value is -3.62. The summed E-state index contributed by atoms with van der Waals surface area (Å²) in [5.74, 6) is 1.77. The van der Waals surface area contributed by atoms with E-state index in [9.17, 15) is 9.59 Å². The third-order valence-corrected chi connectivity index (χ3v) is 5.41. The molecule has 0 bridgehead atoms. The fourth-order valence-electron chi connectivity index (χ4n) is 3.84. The van der Waals surface area contributed by atoms with Gasteiger partial charge in [0.1, 0.15) is 5.75 Å². The summed E-state index contributed by atoms with van der Waals surface area (Å²) < 4.78 is 16.3. The number of hydrogen-bond donors (Lipinski definition) is 3.